The van der Waals surface area contributed by atoms with Crippen molar-refractivity contribution in [1.82, 2.24) is 0 Å². The molecule has 0 amide bonds. The molecule has 0 N–H and O–H groups in total. The molecular formula is C20H25Cl. The van der Waals surface area contributed by atoms with Gasteiger partial charge in [-0.15, -0.1) is 11.6 Å². The summed E-state index contributed by atoms with van der Waals surface area (Å²) in [7, 11) is 0. The van der Waals surface area contributed by atoms with E-state index in [4.69, 9.17) is 11.6 Å². The Labute approximate surface area is 134 Å². The van der Waals surface area contributed by atoms with E-state index < -0.39 is 0 Å². The molecule has 1 heteroatoms. The Balaban J connectivity index is 2.51. The molecule has 0 radical (unpaired) electrons. The van der Waals surface area contributed by atoms with Crippen molar-refractivity contribution in [2.45, 2.75) is 52.3 Å². The van der Waals surface area contributed by atoms with E-state index in [1.807, 2.05) is 0 Å². The normalized spacial score (nSPS) is 14.0. The van der Waals surface area contributed by atoms with Crippen molar-refractivity contribution in [3.63, 3.8) is 0 Å². The van der Waals surface area contributed by atoms with Gasteiger partial charge in [-0.2, -0.15) is 0 Å². The number of aryl methyl sites for hydroxylation is 2. The van der Waals surface area contributed by atoms with Crippen LogP contribution >= 0.6 is 11.6 Å². The number of rotatable bonds is 4. The van der Waals surface area contributed by atoms with E-state index in [0.717, 1.165) is 6.42 Å². The Hall–Kier alpha value is -1.27. The van der Waals surface area contributed by atoms with Crippen molar-refractivity contribution in [3.05, 3.63) is 69.8 Å². The largest absolute Gasteiger partial charge is 0.117 e. The summed E-state index contributed by atoms with van der Waals surface area (Å²) >= 11 is 6.96. The predicted molar refractivity (Wildman–Crippen MR) is 93.5 cm³/mol. The van der Waals surface area contributed by atoms with Crippen molar-refractivity contribution in [2.24, 2.45) is 0 Å². The first kappa shape index (κ1) is 16.1. The van der Waals surface area contributed by atoms with Gasteiger partial charge in [0.25, 0.3) is 0 Å². The Bertz CT molecular complexity index is 587. The van der Waals surface area contributed by atoms with Crippen LogP contribution < -0.4 is 0 Å². The number of hydrogen-bond acceptors (Lipinski definition) is 0. The van der Waals surface area contributed by atoms with Crippen LogP contribution in [0.15, 0.2) is 36.4 Å². The summed E-state index contributed by atoms with van der Waals surface area (Å²) < 4.78 is 0. The van der Waals surface area contributed by atoms with Crippen LogP contribution in [0, 0.1) is 27.7 Å². The Kier molecular flexibility index (Phi) is 5.11. The van der Waals surface area contributed by atoms with Crippen LogP contribution in [0.1, 0.15) is 58.0 Å². The maximum Gasteiger partial charge on any atom is 0.0658 e. The predicted octanol–water partition coefficient (Wildman–Crippen LogP) is 6.39. The topological polar surface area (TPSA) is 0 Å². The molecule has 0 fully saturated rings. The highest BCUT2D eigenvalue weighted by molar-refractivity contribution is 6.21. The molecule has 2 unspecified atom stereocenters. The van der Waals surface area contributed by atoms with Gasteiger partial charge in [-0.05, 0) is 67.5 Å². The van der Waals surface area contributed by atoms with Crippen LogP contribution in [0.3, 0.4) is 0 Å². The molecule has 2 rings (SSSR count). The second-order valence-corrected chi connectivity index (χ2v) is 6.47. The fourth-order valence-electron chi connectivity index (χ4n) is 3.17. The third-order valence-corrected chi connectivity index (χ3v) is 5.24. The maximum atomic E-state index is 6.96. The minimum absolute atomic E-state index is 0.0241. The summed E-state index contributed by atoms with van der Waals surface area (Å²) in [5.74, 6) is 0.353. The van der Waals surface area contributed by atoms with Gasteiger partial charge in [0.2, 0.25) is 0 Å². The van der Waals surface area contributed by atoms with E-state index in [2.05, 4.69) is 71.0 Å². The zero-order valence-electron chi connectivity index (χ0n) is 13.7. The number of benzene rings is 2. The smallest absolute Gasteiger partial charge is 0.0658 e. The zero-order chi connectivity index (χ0) is 15.6. The SMILES string of the molecule is CCC(c1ccccc1)C(Cl)c1c(C)c(C)cc(C)c1C. The van der Waals surface area contributed by atoms with Crippen LogP contribution in [-0.4, -0.2) is 0 Å². The van der Waals surface area contributed by atoms with E-state index in [0.29, 0.717) is 5.92 Å². The van der Waals surface area contributed by atoms with E-state index in [-0.39, 0.29) is 5.38 Å². The average molecular weight is 301 g/mol. The fraction of sp³-hybridized carbons (Fsp3) is 0.400. The Morgan fingerprint density at radius 1 is 0.905 bits per heavy atom. The summed E-state index contributed by atoms with van der Waals surface area (Å²) in [6.07, 6.45) is 1.05. The monoisotopic (exact) mass is 300 g/mol. The molecule has 0 bridgehead atoms. The van der Waals surface area contributed by atoms with Gasteiger partial charge >= 0.3 is 0 Å². The van der Waals surface area contributed by atoms with Crippen LogP contribution in [0.4, 0.5) is 0 Å². The first-order valence-corrected chi connectivity index (χ1v) is 8.17. The quantitative estimate of drug-likeness (QED) is 0.574. The Morgan fingerprint density at radius 3 is 1.90 bits per heavy atom. The van der Waals surface area contributed by atoms with Crippen LogP contribution in [-0.2, 0) is 0 Å². The molecule has 21 heavy (non-hydrogen) atoms. The lowest BCUT2D eigenvalue weighted by atomic mass is 9.83. The highest BCUT2D eigenvalue weighted by Gasteiger charge is 2.25. The molecule has 0 aliphatic carbocycles. The average Bonchev–Trinajstić information content (AvgIpc) is 2.47. The van der Waals surface area contributed by atoms with Crippen LogP contribution in [0.5, 0.6) is 0 Å². The van der Waals surface area contributed by atoms with Crippen LogP contribution in [0.25, 0.3) is 0 Å². The lowest BCUT2D eigenvalue weighted by molar-refractivity contribution is 0.635. The summed E-state index contributed by atoms with van der Waals surface area (Å²) in [5, 5.41) is 0.0241. The van der Waals surface area contributed by atoms with Crippen LogP contribution in [0.2, 0.25) is 0 Å². The summed E-state index contributed by atoms with van der Waals surface area (Å²) in [4.78, 5) is 0. The Morgan fingerprint density at radius 2 is 1.43 bits per heavy atom. The van der Waals surface area contributed by atoms with Crippen molar-refractivity contribution in [3.8, 4) is 0 Å². The van der Waals surface area contributed by atoms with Crippen molar-refractivity contribution >= 4 is 11.6 Å². The van der Waals surface area contributed by atoms with E-state index in [1.54, 1.807) is 0 Å². The first-order valence-electron chi connectivity index (χ1n) is 7.73. The molecule has 2 atom stereocenters. The van der Waals surface area contributed by atoms with E-state index in [9.17, 15) is 0 Å². The number of halogens is 1. The van der Waals surface area contributed by atoms with Crippen molar-refractivity contribution < 1.29 is 0 Å². The summed E-state index contributed by atoms with van der Waals surface area (Å²) in [5.41, 5.74) is 8.01. The number of hydrogen-bond donors (Lipinski definition) is 0. The van der Waals surface area contributed by atoms with Gasteiger partial charge in [-0.25, -0.2) is 0 Å². The highest BCUT2D eigenvalue weighted by Crippen LogP contribution is 2.42. The maximum absolute atomic E-state index is 6.96. The third-order valence-electron chi connectivity index (χ3n) is 4.72. The molecule has 0 aliphatic rings. The molecule has 0 nitrogen and oxygen atoms in total. The zero-order valence-corrected chi connectivity index (χ0v) is 14.5. The fourth-order valence-corrected chi connectivity index (χ4v) is 3.83. The van der Waals surface area contributed by atoms with Crippen molar-refractivity contribution in [2.75, 3.05) is 0 Å². The standard InChI is InChI=1S/C20H25Cl/c1-6-18(17-10-8-7-9-11-17)20(21)19-15(4)13(2)12-14(3)16(19)5/h7-12,18,20H,6H2,1-5H3. The molecule has 0 heterocycles. The lowest BCUT2D eigenvalue weighted by Crippen LogP contribution is -2.10. The third kappa shape index (κ3) is 3.16. The minimum Gasteiger partial charge on any atom is -0.117 e. The van der Waals surface area contributed by atoms with Gasteiger partial charge in [0, 0.05) is 5.92 Å². The van der Waals surface area contributed by atoms with Gasteiger partial charge < -0.3 is 0 Å². The van der Waals surface area contributed by atoms with Gasteiger partial charge in [-0.3, -0.25) is 0 Å². The molecule has 0 saturated heterocycles. The first-order chi connectivity index (χ1) is 9.97. The highest BCUT2D eigenvalue weighted by atomic mass is 35.5. The lowest BCUT2D eigenvalue weighted by Gasteiger charge is -2.26. The number of alkyl halides is 1. The molecule has 0 aliphatic heterocycles. The van der Waals surface area contributed by atoms with Gasteiger partial charge in [-0.1, -0.05) is 43.3 Å². The second-order valence-electron chi connectivity index (χ2n) is 6.00. The van der Waals surface area contributed by atoms with E-state index >= 15 is 0 Å². The van der Waals surface area contributed by atoms with Gasteiger partial charge in [0.1, 0.15) is 0 Å². The molecule has 2 aromatic rings. The summed E-state index contributed by atoms with van der Waals surface area (Å²) in [6.45, 7) is 11.0. The molecule has 0 spiro atoms. The molecular weight excluding hydrogens is 276 g/mol. The van der Waals surface area contributed by atoms with Gasteiger partial charge in [0.15, 0.2) is 0 Å². The second kappa shape index (κ2) is 6.66. The molecule has 112 valence electrons. The molecule has 2 aromatic carbocycles. The molecule has 0 aromatic heterocycles. The van der Waals surface area contributed by atoms with E-state index in [1.165, 1.54) is 33.4 Å². The van der Waals surface area contributed by atoms with Crippen molar-refractivity contribution in [1.29, 1.82) is 0 Å². The molecule has 0 saturated carbocycles. The summed E-state index contributed by atoms with van der Waals surface area (Å²) in [6, 6.07) is 12.9. The van der Waals surface area contributed by atoms with Gasteiger partial charge in [0.05, 0.1) is 5.38 Å². The minimum atomic E-state index is 0.0241.